The highest BCUT2D eigenvalue weighted by atomic mass is 35.5. The molecule has 0 saturated carbocycles. The summed E-state index contributed by atoms with van der Waals surface area (Å²) in [6.45, 7) is 3.34. The van der Waals surface area contributed by atoms with Crippen LogP contribution in [0.2, 0.25) is 0 Å². The maximum Gasteiger partial charge on any atom is 0.361 e. The molecule has 6 nitrogen and oxygen atoms in total. The van der Waals surface area contributed by atoms with E-state index in [-0.39, 0.29) is 31.5 Å². The van der Waals surface area contributed by atoms with E-state index in [0.717, 1.165) is 12.8 Å². The fourth-order valence-electron chi connectivity index (χ4n) is 4.15. The van der Waals surface area contributed by atoms with Crippen LogP contribution in [0.4, 0.5) is 0 Å². The maximum absolute atomic E-state index is 13.1. The van der Waals surface area contributed by atoms with Crippen LogP contribution in [0.3, 0.4) is 0 Å². The van der Waals surface area contributed by atoms with Gasteiger partial charge in [0.1, 0.15) is 13.2 Å². The first-order valence-electron chi connectivity index (χ1n) is 13.3. The van der Waals surface area contributed by atoms with Crippen molar-refractivity contribution in [1.82, 2.24) is 0 Å². The summed E-state index contributed by atoms with van der Waals surface area (Å²) in [5.41, 5.74) is -1.02. The lowest BCUT2D eigenvalue weighted by Gasteiger charge is -2.30. The van der Waals surface area contributed by atoms with E-state index in [4.69, 9.17) is 9.47 Å². The fraction of sp³-hybridized carbons (Fsp3) is 0.533. The molecular formula is C30H44ClNO5. The number of ether oxygens (including phenoxy) is 2. The third kappa shape index (κ3) is 11.2. The van der Waals surface area contributed by atoms with Gasteiger partial charge in [0.15, 0.2) is 6.54 Å². The summed E-state index contributed by atoms with van der Waals surface area (Å²) in [5, 5.41) is 11.5. The average Bonchev–Trinajstić information content (AvgIpc) is 2.87. The molecule has 0 fully saturated rings. The first-order chi connectivity index (χ1) is 17.3. The molecule has 0 unspecified atom stereocenters. The van der Waals surface area contributed by atoms with E-state index in [2.05, 4.69) is 6.92 Å². The van der Waals surface area contributed by atoms with Crippen molar-refractivity contribution in [3.05, 3.63) is 71.8 Å². The smallest absolute Gasteiger partial charge is 0.361 e. The minimum Gasteiger partial charge on any atom is -1.00 e. The maximum atomic E-state index is 13.1. The number of esters is 2. The van der Waals surface area contributed by atoms with Gasteiger partial charge < -0.3 is 31.5 Å². The molecule has 37 heavy (non-hydrogen) atoms. The zero-order chi connectivity index (χ0) is 26.3. The van der Waals surface area contributed by atoms with Crippen molar-refractivity contribution in [2.75, 3.05) is 40.4 Å². The van der Waals surface area contributed by atoms with Crippen LogP contribution < -0.4 is 12.4 Å². The predicted octanol–water partition coefficient (Wildman–Crippen LogP) is 2.23. The molecule has 0 amide bonds. The standard InChI is InChI=1S/C30H44NO5.ClH/c1-4-5-6-7-8-9-10-17-23-35-28(32)25-31(2,3)22-24-36-29(33)30(34,26-18-13-11-14-19-26)27-20-15-12-16-21-27;/h11-16,18-21,34H,4-10,17,22-25H2,1-3H3;1H/q+1;/p-1. The van der Waals surface area contributed by atoms with E-state index >= 15 is 0 Å². The lowest BCUT2D eigenvalue weighted by atomic mass is 9.86. The van der Waals surface area contributed by atoms with Gasteiger partial charge in [0.05, 0.1) is 20.7 Å². The van der Waals surface area contributed by atoms with Crippen molar-refractivity contribution in [3.8, 4) is 0 Å². The SMILES string of the molecule is CCCCCCCCCCOC(=O)C[N+](C)(C)CCOC(=O)C(O)(c1ccccc1)c1ccccc1.[Cl-]. The zero-order valence-electron chi connectivity index (χ0n) is 22.7. The first kappa shape index (κ1) is 32.6. The molecule has 1 N–H and O–H groups in total. The highest BCUT2D eigenvalue weighted by Gasteiger charge is 2.41. The highest BCUT2D eigenvalue weighted by molar-refractivity contribution is 5.85. The normalized spacial score (nSPS) is 11.5. The monoisotopic (exact) mass is 533 g/mol. The van der Waals surface area contributed by atoms with Gasteiger partial charge >= 0.3 is 11.9 Å². The Morgan fingerprint density at radius 2 is 1.24 bits per heavy atom. The summed E-state index contributed by atoms with van der Waals surface area (Å²) in [7, 11) is 3.79. The number of rotatable bonds is 17. The topological polar surface area (TPSA) is 72.8 Å². The van der Waals surface area contributed by atoms with Crippen LogP contribution in [0.15, 0.2) is 60.7 Å². The van der Waals surface area contributed by atoms with E-state index in [1.54, 1.807) is 48.5 Å². The second-order valence-corrected chi connectivity index (χ2v) is 10.1. The Kier molecular flexibility index (Phi) is 15.1. The first-order valence-corrected chi connectivity index (χ1v) is 13.3. The van der Waals surface area contributed by atoms with Crippen LogP contribution in [0.25, 0.3) is 0 Å². The number of carbonyl (C=O) groups is 2. The quantitative estimate of drug-likeness (QED) is 0.192. The Morgan fingerprint density at radius 3 is 1.76 bits per heavy atom. The lowest BCUT2D eigenvalue weighted by molar-refractivity contribution is -0.883. The number of hydrogen-bond acceptors (Lipinski definition) is 5. The molecule has 2 aromatic rings. The Balaban J connectivity index is 0.00000684. The molecule has 0 radical (unpaired) electrons. The van der Waals surface area contributed by atoms with Crippen molar-refractivity contribution in [3.63, 3.8) is 0 Å². The second kappa shape index (κ2) is 17.2. The fourth-order valence-corrected chi connectivity index (χ4v) is 4.15. The molecule has 0 aliphatic heterocycles. The third-order valence-electron chi connectivity index (χ3n) is 6.43. The second-order valence-electron chi connectivity index (χ2n) is 10.1. The van der Waals surface area contributed by atoms with Gasteiger partial charge in [-0.1, -0.05) is 113 Å². The summed E-state index contributed by atoms with van der Waals surface area (Å²) >= 11 is 0. The molecule has 0 saturated heterocycles. The number of halogens is 1. The Labute approximate surface area is 229 Å². The van der Waals surface area contributed by atoms with Crippen molar-refractivity contribution in [2.24, 2.45) is 0 Å². The third-order valence-corrected chi connectivity index (χ3v) is 6.43. The molecule has 2 rings (SSSR count). The number of benzene rings is 2. The number of aliphatic hydroxyl groups is 1. The number of nitrogens with zero attached hydrogens (tertiary/aromatic N) is 1. The van der Waals surface area contributed by atoms with Crippen molar-refractivity contribution >= 4 is 11.9 Å². The molecule has 0 aromatic heterocycles. The van der Waals surface area contributed by atoms with E-state index in [9.17, 15) is 14.7 Å². The average molecular weight is 534 g/mol. The lowest BCUT2D eigenvalue weighted by Crippen LogP contribution is -3.00. The van der Waals surface area contributed by atoms with Gasteiger partial charge in [-0.15, -0.1) is 0 Å². The van der Waals surface area contributed by atoms with Gasteiger partial charge in [-0.3, -0.25) is 0 Å². The van der Waals surface area contributed by atoms with Gasteiger partial charge in [-0.25, -0.2) is 9.59 Å². The van der Waals surface area contributed by atoms with Crippen molar-refractivity contribution < 1.29 is 41.1 Å². The minimum absolute atomic E-state index is 0. The van der Waals surface area contributed by atoms with Crippen molar-refractivity contribution in [1.29, 1.82) is 0 Å². The van der Waals surface area contributed by atoms with E-state index in [0.29, 0.717) is 28.8 Å². The number of likely N-dealkylation sites (N-methyl/N-ethyl adjacent to an activating group) is 1. The Morgan fingerprint density at radius 1 is 0.757 bits per heavy atom. The van der Waals surface area contributed by atoms with Gasteiger partial charge in [0.25, 0.3) is 0 Å². The molecule has 7 heteroatoms. The largest absolute Gasteiger partial charge is 1.00 e. The van der Waals surface area contributed by atoms with Crippen LogP contribution in [0.5, 0.6) is 0 Å². The number of hydrogen-bond donors (Lipinski definition) is 1. The van der Waals surface area contributed by atoms with E-state index < -0.39 is 11.6 Å². The number of unbranched alkanes of at least 4 members (excludes halogenated alkanes) is 7. The Bertz CT molecular complexity index is 865. The summed E-state index contributed by atoms with van der Waals surface area (Å²) in [5.74, 6) is -0.989. The zero-order valence-corrected chi connectivity index (χ0v) is 23.4. The summed E-state index contributed by atoms with van der Waals surface area (Å²) in [6, 6.07) is 17.6. The minimum atomic E-state index is -1.91. The van der Waals surface area contributed by atoms with E-state index in [1.165, 1.54) is 38.5 Å². The molecule has 0 atom stereocenters. The molecule has 0 aliphatic rings. The van der Waals surface area contributed by atoms with Crippen LogP contribution in [-0.4, -0.2) is 61.9 Å². The molecule has 206 valence electrons. The molecular weight excluding hydrogens is 490 g/mol. The Hall–Kier alpha value is -2.41. The van der Waals surface area contributed by atoms with Crippen LogP contribution in [-0.2, 0) is 24.7 Å². The van der Waals surface area contributed by atoms with Crippen LogP contribution >= 0.6 is 0 Å². The van der Waals surface area contributed by atoms with Gasteiger partial charge in [0, 0.05) is 0 Å². The van der Waals surface area contributed by atoms with Crippen LogP contribution in [0.1, 0.15) is 69.4 Å². The van der Waals surface area contributed by atoms with Gasteiger partial charge in [-0.2, -0.15) is 0 Å². The van der Waals surface area contributed by atoms with Gasteiger partial charge in [-0.05, 0) is 17.5 Å². The highest BCUT2D eigenvalue weighted by Crippen LogP contribution is 2.31. The summed E-state index contributed by atoms with van der Waals surface area (Å²) in [6.07, 6.45) is 9.58. The van der Waals surface area contributed by atoms with E-state index in [1.807, 2.05) is 26.2 Å². The number of carbonyl (C=O) groups excluding carboxylic acids is 2. The molecule has 0 spiro atoms. The summed E-state index contributed by atoms with van der Waals surface area (Å²) < 4.78 is 11.3. The summed E-state index contributed by atoms with van der Waals surface area (Å²) in [4.78, 5) is 25.4. The molecule has 0 bridgehead atoms. The molecule has 2 aromatic carbocycles. The van der Waals surface area contributed by atoms with Crippen molar-refractivity contribution in [2.45, 2.75) is 63.9 Å². The number of quaternary nitrogens is 1. The van der Waals surface area contributed by atoms with Crippen LogP contribution in [0, 0.1) is 0 Å². The van der Waals surface area contributed by atoms with Gasteiger partial charge in [0.2, 0.25) is 5.60 Å². The molecule has 0 heterocycles. The molecule has 0 aliphatic carbocycles. The predicted molar refractivity (Wildman–Crippen MR) is 142 cm³/mol.